The van der Waals surface area contributed by atoms with Crippen molar-refractivity contribution in [3.63, 3.8) is 0 Å². The molecular weight excluding hydrogens is 326 g/mol. The third-order valence-corrected chi connectivity index (χ3v) is 5.60. The summed E-state index contributed by atoms with van der Waals surface area (Å²) in [6.07, 6.45) is 3.69. The molecule has 4 aliphatic heterocycles. The van der Waals surface area contributed by atoms with Crippen LogP contribution in [0.15, 0.2) is 29.4 Å². The normalized spacial score (nSPS) is 30.6. The molecule has 0 aliphatic carbocycles. The second kappa shape index (κ2) is 5.36. The SMILES string of the molecule is Fc1cc(F)c2cnc(NC3=NCC4(CN5CCC4CC5)O3)cc2c1. The molecule has 4 aliphatic rings. The minimum absolute atomic E-state index is 0.228. The molecule has 7 heteroatoms. The van der Waals surface area contributed by atoms with Crippen molar-refractivity contribution >= 4 is 22.6 Å². The Balaban J connectivity index is 1.37. The van der Waals surface area contributed by atoms with Crippen LogP contribution >= 0.6 is 0 Å². The van der Waals surface area contributed by atoms with Gasteiger partial charge in [-0.05, 0) is 43.5 Å². The highest BCUT2D eigenvalue weighted by molar-refractivity contribution is 5.92. The monoisotopic (exact) mass is 344 g/mol. The van der Waals surface area contributed by atoms with Crippen LogP contribution in [0, 0.1) is 17.6 Å². The van der Waals surface area contributed by atoms with Crippen molar-refractivity contribution in [1.29, 1.82) is 0 Å². The fourth-order valence-corrected chi connectivity index (χ4v) is 4.30. The van der Waals surface area contributed by atoms with E-state index in [-0.39, 0.29) is 11.0 Å². The van der Waals surface area contributed by atoms with Gasteiger partial charge in [0.2, 0.25) is 0 Å². The molecule has 130 valence electrons. The van der Waals surface area contributed by atoms with Crippen LogP contribution in [-0.2, 0) is 4.74 Å². The van der Waals surface area contributed by atoms with Crippen LogP contribution in [-0.4, -0.2) is 47.7 Å². The zero-order chi connectivity index (χ0) is 17.0. The second-order valence-corrected chi connectivity index (χ2v) is 7.14. The van der Waals surface area contributed by atoms with Crippen LogP contribution in [0.25, 0.3) is 10.8 Å². The lowest BCUT2D eigenvalue weighted by Crippen LogP contribution is -2.61. The Hall–Kier alpha value is -2.28. The molecule has 25 heavy (non-hydrogen) atoms. The summed E-state index contributed by atoms with van der Waals surface area (Å²) in [6, 6.07) is 4.20. The minimum Gasteiger partial charge on any atom is -0.455 e. The lowest BCUT2D eigenvalue weighted by Gasteiger charge is -2.50. The van der Waals surface area contributed by atoms with E-state index in [4.69, 9.17) is 4.74 Å². The van der Waals surface area contributed by atoms with Crippen molar-refractivity contribution in [3.05, 3.63) is 36.0 Å². The molecule has 2 bridgehead atoms. The van der Waals surface area contributed by atoms with Crippen molar-refractivity contribution < 1.29 is 13.5 Å². The number of halogens is 2. The van der Waals surface area contributed by atoms with E-state index in [1.807, 2.05) is 0 Å². The van der Waals surface area contributed by atoms with Gasteiger partial charge in [-0.3, -0.25) is 10.2 Å². The number of fused-ring (bicyclic) bond motifs is 3. The number of amidine groups is 1. The van der Waals surface area contributed by atoms with Crippen molar-refractivity contribution in [1.82, 2.24) is 9.88 Å². The van der Waals surface area contributed by atoms with Gasteiger partial charge in [-0.25, -0.2) is 18.8 Å². The Kier molecular flexibility index (Phi) is 3.22. The average Bonchev–Trinajstić information content (AvgIpc) is 2.97. The molecule has 1 spiro atoms. The van der Waals surface area contributed by atoms with Gasteiger partial charge in [-0.15, -0.1) is 0 Å². The number of piperidine rings is 3. The van der Waals surface area contributed by atoms with Crippen LogP contribution in [0.2, 0.25) is 0 Å². The predicted octanol–water partition coefficient (Wildman–Crippen LogP) is 2.78. The zero-order valence-corrected chi connectivity index (χ0v) is 13.6. The molecule has 0 amide bonds. The number of rotatable bonds is 1. The van der Waals surface area contributed by atoms with E-state index < -0.39 is 11.6 Å². The molecule has 1 unspecified atom stereocenters. The number of hydrogen-bond donors (Lipinski definition) is 1. The smallest absolute Gasteiger partial charge is 0.291 e. The van der Waals surface area contributed by atoms with E-state index in [9.17, 15) is 8.78 Å². The molecule has 0 radical (unpaired) electrons. The highest BCUT2D eigenvalue weighted by Gasteiger charge is 2.51. The molecule has 6 rings (SSSR count). The predicted molar refractivity (Wildman–Crippen MR) is 90.6 cm³/mol. The van der Waals surface area contributed by atoms with Crippen LogP contribution in [0.5, 0.6) is 0 Å². The number of aliphatic imine (C=N–C) groups is 1. The molecule has 1 N–H and O–H groups in total. The van der Waals surface area contributed by atoms with Gasteiger partial charge >= 0.3 is 0 Å². The Morgan fingerprint density at radius 3 is 2.80 bits per heavy atom. The van der Waals surface area contributed by atoms with Crippen molar-refractivity contribution in [2.24, 2.45) is 10.9 Å². The van der Waals surface area contributed by atoms with Gasteiger partial charge < -0.3 is 4.74 Å². The Morgan fingerprint density at radius 1 is 1.20 bits per heavy atom. The Bertz CT molecular complexity index is 879. The summed E-state index contributed by atoms with van der Waals surface area (Å²) >= 11 is 0. The molecule has 1 aromatic heterocycles. The molecule has 2 aromatic rings. The number of ether oxygens (including phenoxy) is 1. The van der Waals surface area contributed by atoms with Gasteiger partial charge in [0.1, 0.15) is 23.1 Å². The van der Waals surface area contributed by atoms with Gasteiger partial charge in [0.15, 0.2) is 0 Å². The summed E-state index contributed by atoms with van der Waals surface area (Å²) in [4.78, 5) is 11.1. The van der Waals surface area contributed by atoms with Gasteiger partial charge in [-0.2, -0.15) is 0 Å². The molecular formula is C18H18F2N4O. The highest BCUT2D eigenvalue weighted by Crippen LogP contribution is 2.40. The van der Waals surface area contributed by atoms with E-state index in [0.29, 0.717) is 29.7 Å². The van der Waals surface area contributed by atoms with Crippen molar-refractivity contribution in [3.8, 4) is 0 Å². The van der Waals surface area contributed by atoms with E-state index in [1.165, 1.54) is 12.3 Å². The summed E-state index contributed by atoms with van der Waals surface area (Å²) in [7, 11) is 0. The van der Waals surface area contributed by atoms with Crippen molar-refractivity contribution in [2.45, 2.75) is 18.4 Å². The number of anilines is 1. The summed E-state index contributed by atoms with van der Waals surface area (Å²) in [6.45, 7) is 3.84. The molecule has 0 saturated carbocycles. The number of pyridine rings is 1. The lowest BCUT2D eigenvalue weighted by molar-refractivity contribution is -0.0829. The first-order valence-electron chi connectivity index (χ1n) is 8.59. The van der Waals surface area contributed by atoms with Gasteiger partial charge in [0.05, 0.1) is 6.54 Å². The lowest BCUT2D eigenvalue weighted by atomic mass is 9.75. The number of aromatic nitrogens is 1. The molecule has 1 atom stereocenters. The first kappa shape index (κ1) is 15.0. The van der Waals surface area contributed by atoms with Crippen LogP contribution in [0.1, 0.15) is 12.8 Å². The maximum Gasteiger partial charge on any atom is 0.291 e. The van der Waals surface area contributed by atoms with E-state index >= 15 is 0 Å². The maximum atomic E-state index is 13.8. The van der Waals surface area contributed by atoms with Gasteiger partial charge in [0, 0.05) is 30.1 Å². The van der Waals surface area contributed by atoms with Crippen LogP contribution < -0.4 is 5.32 Å². The summed E-state index contributed by atoms with van der Waals surface area (Å²) in [5, 5.41) is 3.79. The first-order chi connectivity index (χ1) is 12.1. The van der Waals surface area contributed by atoms with E-state index in [1.54, 1.807) is 6.07 Å². The van der Waals surface area contributed by atoms with Gasteiger partial charge in [-0.1, -0.05) is 0 Å². The molecule has 1 aromatic carbocycles. The number of hydrogen-bond acceptors (Lipinski definition) is 5. The topological polar surface area (TPSA) is 49.8 Å². The number of nitrogens with zero attached hydrogens (tertiary/aromatic N) is 3. The number of nitrogens with one attached hydrogen (secondary N) is 1. The van der Waals surface area contributed by atoms with E-state index in [2.05, 4.69) is 20.2 Å². The first-order valence-corrected chi connectivity index (χ1v) is 8.59. The summed E-state index contributed by atoms with van der Waals surface area (Å²) < 4.78 is 33.4. The standard InChI is InChI=1S/C18H18F2N4O/c19-13-5-11-6-16(21-8-14(11)15(20)7-13)23-17-22-9-18(25-17)10-24-3-1-12(18)2-4-24/h5-8,12H,1-4,9-10H2,(H,21,22,23). The Morgan fingerprint density at radius 2 is 2.04 bits per heavy atom. The molecule has 5 nitrogen and oxygen atoms in total. The van der Waals surface area contributed by atoms with E-state index in [0.717, 1.165) is 38.5 Å². The summed E-state index contributed by atoms with van der Waals surface area (Å²) in [5.41, 5.74) is -0.228. The maximum absolute atomic E-state index is 13.8. The van der Waals surface area contributed by atoms with Crippen LogP contribution in [0.4, 0.5) is 14.6 Å². The zero-order valence-electron chi connectivity index (χ0n) is 13.6. The largest absolute Gasteiger partial charge is 0.455 e. The molecule has 5 heterocycles. The average molecular weight is 344 g/mol. The van der Waals surface area contributed by atoms with Crippen molar-refractivity contribution in [2.75, 3.05) is 31.5 Å². The third-order valence-electron chi connectivity index (χ3n) is 5.60. The number of benzene rings is 1. The third kappa shape index (κ3) is 2.45. The fourth-order valence-electron chi connectivity index (χ4n) is 4.30. The molecule has 3 fully saturated rings. The minimum atomic E-state index is -0.616. The molecule has 3 saturated heterocycles. The quantitative estimate of drug-likeness (QED) is 0.864. The fraction of sp³-hybridized carbons (Fsp3) is 0.444. The summed E-state index contributed by atoms with van der Waals surface area (Å²) in [5.74, 6) is -0.222. The Labute approximate surface area is 143 Å². The highest BCUT2D eigenvalue weighted by atomic mass is 19.1. The van der Waals surface area contributed by atoms with Gasteiger partial charge in [0.25, 0.3) is 6.02 Å². The second-order valence-electron chi connectivity index (χ2n) is 7.14. The van der Waals surface area contributed by atoms with Crippen LogP contribution in [0.3, 0.4) is 0 Å².